The number of amides is 3. The Morgan fingerprint density at radius 3 is 2.55 bits per heavy atom. The topological polar surface area (TPSA) is 61.4 Å². The van der Waals surface area contributed by atoms with E-state index in [0.717, 1.165) is 51.0 Å². The molecule has 1 aromatic rings. The van der Waals surface area contributed by atoms with Crippen molar-refractivity contribution in [3.05, 3.63) is 35.9 Å². The fourth-order valence-corrected chi connectivity index (χ4v) is 6.42. The van der Waals surface area contributed by atoms with E-state index in [1.54, 1.807) is 0 Å². The van der Waals surface area contributed by atoms with E-state index in [1.165, 1.54) is 31.2 Å². The predicted molar refractivity (Wildman–Crippen MR) is 124 cm³/mol. The van der Waals surface area contributed by atoms with Gasteiger partial charge in [0.25, 0.3) is 0 Å². The molecule has 2 aliphatic heterocycles. The fourth-order valence-electron chi connectivity index (χ4n) is 6.42. The Labute approximate surface area is 187 Å². The van der Waals surface area contributed by atoms with Gasteiger partial charge in [0.2, 0.25) is 5.91 Å². The Bertz CT molecular complexity index is 740. The van der Waals surface area contributed by atoms with Gasteiger partial charge in [0.1, 0.15) is 0 Å². The number of piperidine rings is 2. The zero-order valence-electron chi connectivity index (χ0n) is 19.1. The summed E-state index contributed by atoms with van der Waals surface area (Å²) < 4.78 is 0. The molecule has 5 nitrogen and oxygen atoms in total. The van der Waals surface area contributed by atoms with Gasteiger partial charge in [-0.2, -0.15) is 0 Å². The van der Waals surface area contributed by atoms with E-state index in [9.17, 15) is 9.59 Å². The second-order valence-corrected chi connectivity index (χ2v) is 9.91. The van der Waals surface area contributed by atoms with Crippen molar-refractivity contribution in [2.24, 2.45) is 5.92 Å². The van der Waals surface area contributed by atoms with Crippen LogP contribution in [0.1, 0.15) is 89.0 Å². The van der Waals surface area contributed by atoms with Crippen molar-refractivity contribution in [1.29, 1.82) is 0 Å². The third kappa shape index (κ3) is 5.07. The number of likely N-dealkylation sites (tertiary alicyclic amines) is 1. The van der Waals surface area contributed by atoms with Gasteiger partial charge in [-0.15, -0.1) is 0 Å². The summed E-state index contributed by atoms with van der Waals surface area (Å²) in [5, 5.41) is 6.38. The molecular weight excluding hydrogens is 386 g/mol. The minimum absolute atomic E-state index is 0.0409. The Balaban J connectivity index is 1.40. The lowest BCUT2D eigenvalue weighted by molar-refractivity contribution is -0.127. The maximum Gasteiger partial charge on any atom is 0.317 e. The van der Waals surface area contributed by atoms with Crippen molar-refractivity contribution in [2.75, 3.05) is 13.1 Å². The molecule has 0 aromatic heterocycles. The standard InChI is InChI=1S/C26H39N3O2/c1-2-27-25(31)29-19-7-18-26(17-6-10-24(30)28-26)23(29)16-13-20-11-14-22(15-12-20)21-8-4-3-5-9-21/h3-5,8-9,20,22-23H,2,6-7,10-19H2,1H3,(H,27,31)(H,28,30). The Morgan fingerprint density at radius 1 is 1.10 bits per heavy atom. The normalized spacial score (nSPS) is 31.3. The summed E-state index contributed by atoms with van der Waals surface area (Å²) in [6, 6.07) is 11.1. The van der Waals surface area contributed by atoms with E-state index < -0.39 is 0 Å². The lowest BCUT2D eigenvalue weighted by Crippen LogP contribution is -2.68. The van der Waals surface area contributed by atoms with Crippen LogP contribution in [0.3, 0.4) is 0 Å². The smallest absolute Gasteiger partial charge is 0.317 e. The quantitative estimate of drug-likeness (QED) is 0.699. The van der Waals surface area contributed by atoms with Gasteiger partial charge in [0.15, 0.2) is 0 Å². The van der Waals surface area contributed by atoms with Gasteiger partial charge in [-0.3, -0.25) is 4.79 Å². The monoisotopic (exact) mass is 425 g/mol. The van der Waals surface area contributed by atoms with E-state index in [2.05, 4.69) is 41.0 Å². The Hall–Kier alpha value is -2.04. The van der Waals surface area contributed by atoms with Crippen LogP contribution in [0.15, 0.2) is 30.3 Å². The maximum absolute atomic E-state index is 12.9. The SMILES string of the molecule is CCNC(=O)N1CCCC2(CCCC(=O)N2)C1CCC1CCC(c2ccccc2)CC1. The highest BCUT2D eigenvalue weighted by Crippen LogP contribution is 2.41. The molecule has 1 spiro atoms. The number of nitrogens with zero attached hydrogens (tertiary/aromatic N) is 1. The van der Waals surface area contributed by atoms with Gasteiger partial charge in [0, 0.05) is 19.5 Å². The van der Waals surface area contributed by atoms with E-state index >= 15 is 0 Å². The highest BCUT2D eigenvalue weighted by atomic mass is 16.2. The van der Waals surface area contributed by atoms with Crippen LogP contribution in [0.25, 0.3) is 0 Å². The molecule has 2 unspecified atom stereocenters. The first kappa shape index (κ1) is 22.2. The molecule has 31 heavy (non-hydrogen) atoms. The van der Waals surface area contributed by atoms with Crippen LogP contribution in [0.5, 0.6) is 0 Å². The van der Waals surface area contributed by atoms with E-state index in [0.29, 0.717) is 18.9 Å². The summed E-state index contributed by atoms with van der Waals surface area (Å²) in [4.78, 5) is 27.2. The van der Waals surface area contributed by atoms with Crippen molar-refractivity contribution >= 4 is 11.9 Å². The van der Waals surface area contributed by atoms with Crippen LogP contribution in [-0.4, -0.2) is 41.5 Å². The number of nitrogens with one attached hydrogen (secondary N) is 2. The molecule has 5 heteroatoms. The van der Waals surface area contributed by atoms with Gasteiger partial charge in [0.05, 0.1) is 11.6 Å². The minimum atomic E-state index is -0.222. The highest BCUT2D eigenvalue weighted by Gasteiger charge is 2.48. The van der Waals surface area contributed by atoms with Crippen molar-refractivity contribution in [3.8, 4) is 0 Å². The molecule has 170 valence electrons. The number of rotatable bonds is 5. The van der Waals surface area contributed by atoms with Gasteiger partial charge in [-0.05, 0) is 88.5 Å². The first-order chi connectivity index (χ1) is 15.1. The van der Waals surface area contributed by atoms with Gasteiger partial charge in [-0.1, -0.05) is 30.3 Å². The summed E-state index contributed by atoms with van der Waals surface area (Å²) in [6.45, 7) is 3.42. The fraction of sp³-hybridized carbons (Fsp3) is 0.692. The molecule has 1 aliphatic carbocycles. The lowest BCUT2D eigenvalue weighted by Gasteiger charge is -2.52. The molecule has 2 saturated heterocycles. The third-order valence-electron chi connectivity index (χ3n) is 8.01. The number of hydrogen-bond acceptors (Lipinski definition) is 2. The number of urea groups is 1. The first-order valence-electron chi connectivity index (χ1n) is 12.5. The largest absolute Gasteiger partial charge is 0.349 e. The average Bonchev–Trinajstić information content (AvgIpc) is 2.79. The van der Waals surface area contributed by atoms with Crippen molar-refractivity contribution in [1.82, 2.24) is 15.5 Å². The molecule has 4 rings (SSSR count). The summed E-state index contributed by atoms with van der Waals surface area (Å²) in [7, 11) is 0. The molecular formula is C26H39N3O2. The van der Waals surface area contributed by atoms with Gasteiger partial charge in [-0.25, -0.2) is 4.79 Å². The molecule has 3 aliphatic rings. The zero-order chi connectivity index (χ0) is 21.7. The molecule has 2 N–H and O–H groups in total. The lowest BCUT2D eigenvalue weighted by atomic mass is 9.71. The van der Waals surface area contributed by atoms with Crippen LogP contribution in [0, 0.1) is 5.92 Å². The summed E-state index contributed by atoms with van der Waals surface area (Å²) in [5.74, 6) is 1.59. The third-order valence-corrected chi connectivity index (χ3v) is 8.01. The molecule has 2 heterocycles. The Morgan fingerprint density at radius 2 is 1.84 bits per heavy atom. The second kappa shape index (κ2) is 10.1. The summed E-state index contributed by atoms with van der Waals surface area (Å²) in [6.07, 6.45) is 11.8. The van der Waals surface area contributed by atoms with Crippen molar-refractivity contribution in [2.45, 2.75) is 95.1 Å². The average molecular weight is 426 g/mol. The van der Waals surface area contributed by atoms with Crippen LogP contribution in [0.4, 0.5) is 4.79 Å². The minimum Gasteiger partial charge on any atom is -0.349 e. The summed E-state index contributed by atoms with van der Waals surface area (Å²) >= 11 is 0. The molecule has 0 radical (unpaired) electrons. The Kier molecular flexibility index (Phi) is 7.19. The number of carbonyl (C=O) groups is 2. The van der Waals surface area contributed by atoms with Crippen LogP contribution < -0.4 is 10.6 Å². The van der Waals surface area contributed by atoms with Gasteiger partial charge >= 0.3 is 6.03 Å². The molecule has 1 saturated carbocycles. The van der Waals surface area contributed by atoms with Crippen LogP contribution >= 0.6 is 0 Å². The van der Waals surface area contributed by atoms with E-state index in [1.807, 2.05) is 11.8 Å². The van der Waals surface area contributed by atoms with E-state index in [-0.39, 0.29) is 23.5 Å². The highest BCUT2D eigenvalue weighted by molar-refractivity contribution is 5.79. The number of carbonyl (C=O) groups excluding carboxylic acids is 2. The first-order valence-corrected chi connectivity index (χ1v) is 12.5. The molecule has 3 amide bonds. The summed E-state index contributed by atoms with van der Waals surface area (Å²) in [5.41, 5.74) is 1.26. The van der Waals surface area contributed by atoms with Crippen LogP contribution in [0.2, 0.25) is 0 Å². The maximum atomic E-state index is 12.9. The number of hydrogen-bond donors (Lipinski definition) is 2. The van der Waals surface area contributed by atoms with Crippen molar-refractivity contribution < 1.29 is 9.59 Å². The molecule has 3 fully saturated rings. The predicted octanol–water partition coefficient (Wildman–Crippen LogP) is 4.97. The van der Waals surface area contributed by atoms with E-state index in [4.69, 9.17) is 0 Å². The van der Waals surface area contributed by atoms with Gasteiger partial charge < -0.3 is 15.5 Å². The second-order valence-electron chi connectivity index (χ2n) is 9.91. The van der Waals surface area contributed by atoms with Crippen LogP contribution in [-0.2, 0) is 4.79 Å². The molecule has 2 atom stereocenters. The van der Waals surface area contributed by atoms with Crippen molar-refractivity contribution in [3.63, 3.8) is 0 Å². The molecule has 1 aromatic carbocycles. The molecule has 0 bridgehead atoms. The number of benzene rings is 1. The zero-order valence-corrected chi connectivity index (χ0v) is 19.1.